The van der Waals surface area contributed by atoms with E-state index in [1.165, 1.54) is 0 Å². The Labute approximate surface area is 167 Å². The Morgan fingerprint density at radius 3 is 1.32 bits per heavy atom. The number of azo groups is 1. The summed E-state index contributed by atoms with van der Waals surface area (Å²) in [6.45, 7) is 8.50. The van der Waals surface area contributed by atoms with Gasteiger partial charge in [0.05, 0.1) is 0 Å². The number of amidine groups is 2. The van der Waals surface area contributed by atoms with Crippen LogP contribution in [-0.2, 0) is 13.1 Å². The van der Waals surface area contributed by atoms with Crippen LogP contribution in [0.1, 0.15) is 38.8 Å². The average Bonchev–Trinajstić information content (AvgIpc) is 2.70. The highest BCUT2D eigenvalue weighted by atomic mass is 15.2. The van der Waals surface area contributed by atoms with E-state index in [9.17, 15) is 0 Å². The van der Waals surface area contributed by atoms with E-state index in [2.05, 4.69) is 20.9 Å². The molecule has 0 heterocycles. The van der Waals surface area contributed by atoms with Crippen molar-refractivity contribution in [3.05, 3.63) is 71.8 Å². The minimum atomic E-state index is -0.800. The van der Waals surface area contributed by atoms with Crippen LogP contribution in [-0.4, -0.2) is 22.7 Å². The fourth-order valence-corrected chi connectivity index (χ4v) is 2.36. The van der Waals surface area contributed by atoms with Crippen LogP contribution in [0.3, 0.4) is 0 Å². The van der Waals surface area contributed by atoms with E-state index < -0.39 is 11.1 Å². The third-order valence-electron chi connectivity index (χ3n) is 4.40. The number of rotatable bonds is 8. The average molecular weight is 379 g/mol. The highest BCUT2D eigenvalue weighted by Crippen LogP contribution is 2.17. The van der Waals surface area contributed by atoms with E-state index in [4.69, 9.17) is 10.8 Å². The van der Waals surface area contributed by atoms with Gasteiger partial charge >= 0.3 is 0 Å². The van der Waals surface area contributed by atoms with Crippen LogP contribution in [0, 0.1) is 10.8 Å². The molecule has 28 heavy (non-hydrogen) atoms. The first-order chi connectivity index (χ1) is 13.2. The fraction of sp³-hybridized carbons (Fsp3) is 0.364. The molecular formula is C22H30N6. The molecule has 0 unspecified atom stereocenters. The molecule has 0 spiro atoms. The van der Waals surface area contributed by atoms with Crippen molar-refractivity contribution >= 4 is 11.7 Å². The molecule has 0 atom stereocenters. The van der Waals surface area contributed by atoms with Gasteiger partial charge in [-0.2, -0.15) is 10.2 Å². The van der Waals surface area contributed by atoms with E-state index in [1.807, 2.05) is 88.4 Å². The molecule has 2 aromatic carbocycles. The molecular weight excluding hydrogens is 348 g/mol. The van der Waals surface area contributed by atoms with Crippen molar-refractivity contribution in [1.82, 2.24) is 10.6 Å². The monoisotopic (exact) mass is 378 g/mol. The third kappa shape index (κ3) is 6.30. The lowest BCUT2D eigenvalue weighted by Crippen LogP contribution is -2.42. The molecule has 0 aromatic heterocycles. The smallest absolute Gasteiger partial charge is 0.132 e. The summed E-state index contributed by atoms with van der Waals surface area (Å²) in [6.07, 6.45) is 0. The number of hydrogen-bond acceptors (Lipinski definition) is 4. The molecule has 0 amide bonds. The van der Waals surface area contributed by atoms with E-state index in [-0.39, 0.29) is 0 Å². The summed E-state index contributed by atoms with van der Waals surface area (Å²) in [5.41, 5.74) is 0.608. The van der Waals surface area contributed by atoms with Crippen LogP contribution in [0.5, 0.6) is 0 Å². The van der Waals surface area contributed by atoms with Crippen molar-refractivity contribution in [2.24, 2.45) is 10.2 Å². The molecule has 4 N–H and O–H groups in total. The topological polar surface area (TPSA) is 96.5 Å². The van der Waals surface area contributed by atoms with Gasteiger partial charge in [-0.1, -0.05) is 60.7 Å². The lowest BCUT2D eigenvalue weighted by atomic mass is 10.0. The Morgan fingerprint density at radius 1 is 0.679 bits per heavy atom. The predicted molar refractivity (Wildman–Crippen MR) is 115 cm³/mol. The fourth-order valence-electron chi connectivity index (χ4n) is 2.36. The summed E-state index contributed by atoms with van der Waals surface area (Å²) in [5.74, 6) is 0.583. The summed E-state index contributed by atoms with van der Waals surface area (Å²) >= 11 is 0. The van der Waals surface area contributed by atoms with Gasteiger partial charge in [-0.3, -0.25) is 10.8 Å². The maximum atomic E-state index is 8.32. The molecule has 148 valence electrons. The Balaban J connectivity index is 1.92. The van der Waals surface area contributed by atoms with Gasteiger partial charge in [0.2, 0.25) is 0 Å². The second-order valence-electron chi connectivity index (χ2n) is 7.75. The van der Waals surface area contributed by atoms with Gasteiger partial charge in [-0.25, -0.2) is 0 Å². The Bertz CT molecular complexity index is 740. The normalized spacial score (nSPS) is 12.0. The molecule has 0 aliphatic rings. The van der Waals surface area contributed by atoms with Crippen molar-refractivity contribution in [2.45, 2.75) is 51.9 Å². The van der Waals surface area contributed by atoms with Crippen molar-refractivity contribution in [1.29, 1.82) is 10.8 Å². The van der Waals surface area contributed by atoms with Gasteiger partial charge in [0.1, 0.15) is 22.7 Å². The van der Waals surface area contributed by atoms with Crippen LogP contribution in [0.4, 0.5) is 0 Å². The van der Waals surface area contributed by atoms with Crippen LogP contribution in [0.2, 0.25) is 0 Å². The summed E-state index contributed by atoms with van der Waals surface area (Å²) in [7, 11) is 0. The van der Waals surface area contributed by atoms with Gasteiger partial charge in [0.15, 0.2) is 0 Å². The molecule has 0 saturated heterocycles. The zero-order chi connectivity index (χ0) is 20.6. The van der Waals surface area contributed by atoms with Crippen molar-refractivity contribution in [3.63, 3.8) is 0 Å². The minimum Gasteiger partial charge on any atom is -0.368 e. The highest BCUT2D eigenvalue weighted by Gasteiger charge is 2.28. The molecule has 0 fully saturated rings. The SMILES string of the molecule is CC(C)(/N=N/C(C)(C)C(=N)NCc1ccccc1)C(=N)NCc1ccccc1. The Hall–Kier alpha value is -3.02. The standard InChI is InChI=1S/C22H30N6/c1-21(2,19(23)25-15-17-11-7-5-8-12-17)27-28-22(3,4)20(24)26-16-18-13-9-6-10-14-18/h5-14H,15-16H2,1-4H3,(H2,23,25)(H2,24,26)/b28-27+. The van der Waals surface area contributed by atoms with Gasteiger partial charge in [-0.15, -0.1) is 0 Å². The first-order valence-electron chi connectivity index (χ1n) is 9.38. The first-order valence-corrected chi connectivity index (χ1v) is 9.38. The molecule has 2 aromatic rings. The van der Waals surface area contributed by atoms with E-state index >= 15 is 0 Å². The van der Waals surface area contributed by atoms with E-state index in [1.54, 1.807) is 0 Å². The molecule has 0 bridgehead atoms. The largest absolute Gasteiger partial charge is 0.368 e. The van der Waals surface area contributed by atoms with Gasteiger partial charge < -0.3 is 10.6 Å². The molecule has 0 aliphatic heterocycles. The number of hydrogen-bond donors (Lipinski definition) is 4. The van der Waals surface area contributed by atoms with Gasteiger partial charge in [0, 0.05) is 13.1 Å². The summed E-state index contributed by atoms with van der Waals surface area (Å²) in [6, 6.07) is 19.9. The highest BCUT2D eigenvalue weighted by molar-refractivity contribution is 5.89. The van der Waals surface area contributed by atoms with Crippen molar-refractivity contribution < 1.29 is 0 Å². The predicted octanol–water partition coefficient (Wildman–Crippen LogP) is 4.53. The molecule has 6 heteroatoms. The summed E-state index contributed by atoms with van der Waals surface area (Å²) in [4.78, 5) is 0. The quantitative estimate of drug-likeness (QED) is 0.308. The molecule has 6 nitrogen and oxygen atoms in total. The van der Waals surface area contributed by atoms with Gasteiger partial charge in [0.25, 0.3) is 0 Å². The number of benzene rings is 2. The molecule has 2 rings (SSSR count). The Kier molecular flexibility index (Phi) is 7.04. The van der Waals surface area contributed by atoms with Gasteiger partial charge in [-0.05, 0) is 38.8 Å². The van der Waals surface area contributed by atoms with E-state index in [0.717, 1.165) is 11.1 Å². The van der Waals surface area contributed by atoms with Crippen molar-refractivity contribution in [3.8, 4) is 0 Å². The molecule has 0 saturated carbocycles. The molecule has 0 radical (unpaired) electrons. The van der Waals surface area contributed by atoms with Crippen molar-refractivity contribution in [2.75, 3.05) is 0 Å². The lowest BCUT2D eigenvalue weighted by molar-refractivity contribution is 0.540. The van der Waals surface area contributed by atoms with Crippen LogP contribution >= 0.6 is 0 Å². The second kappa shape index (κ2) is 9.26. The summed E-state index contributed by atoms with van der Waals surface area (Å²) in [5, 5.41) is 31.6. The minimum absolute atomic E-state index is 0.291. The van der Waals surface area contributed by atoms with Crippen LogP contribution in [0.25, 0.3) is 0 Å². The van der Waals surface area contributed by atoms with E-state index in [0.29, 0.717) is 24.8 Å². The maximum Gasteiger partial charge on any atom is 0.132 e. The maximum absolute atomic E-state index is 8.32. The first kappa shape index (κ1) is 21.3. The summed E-state index contributed by atoms with van der Waals surface area (Å²) < 4.78 is 0. The number of nitrogens with one attached hydrogen (secondary N) is 4. The number of nitrogens with zero attached hydrogens (tertiary/aromatic N) is 2. The molecule has 0 aliphatic carbocycles. The zero-order valence-corrected chi connectivity index (χ0v) is 17.1. The third-order valence-corrected chi connectivity index (χ3v) is 4.40. The second-order valence-corrected chi connectivity index (χ2v) is 7.75. The zero-order valence-electron chi connectivity index (χ0n) is 17.1. The van der Waals surface area contributed by atoms with Crippen LogP contribution in [0.15, 0.2) is 70.9 Å². The lowest BCUT2D eigenvalue weighted by Gasteiger charge is -2.25. The Morgan fingerprint density at radius 2 is 1.00 bits per heavy atom. The van der Waals surface area contributed by atoms with Crippen LogP contribution < -0.4 is 10.6 Å².